The Hall–Kier alpha value is -1.18. The summed E-state index contributed by atoms with van der Waals surface area (Å²) in [5.74, 6) is -1.99. The molecule has 1 aromatic rings. The van der Waals surface area contributed by atoms with E-state index >= 15 is 0 Å². The molecule has 1 saturated carbocycles. The van der Waals surface area contributed by atoms with Crippen molar-refractivity contribution in [2.45, 2.75) is 97.3 Å². The number of carbonyl (C=O) groups excluding carboxylic acids is 3. The van der Waals surface area contributed by atoms with Crippen LogP contribution in [0.15, 0.2) is 30.3 Å². The molecule has 3 rings (SSSR count). The molecule has 1 aliphatic heterocycles. The molecular weight excluding hydrogens is 540 g/mol. The molecule has 2 aliphatic rings. The standard InChI is InChI=1S/C30H46NO7P.Na/c1-4-28(33)37-30(22(2)3)38-39(36,18-12-11-15-23-13-7-5-8-14-23)21-27(32)31-20-25(19-26(31)29(34)35)24-16-9-6-10-17-24;/h5,7-8,13-14,22,24-26,30H,4,6,9-12,15-21H2,1-3H3,(H,34,35);/q;+1/p-1/t25?,26-,30?,39?;/m0./s1. The van der Waals surface area contributed by atoms with Crippen molar-refractivity contribution in [1.82, 2.24) is 4.90 Å². The number of rotatable bonds is 14. The summed E-state index contributed by atoms with van der Waals surface area (Å²) in [5.41, 5.74) is 1.17. The minimum absolute atomic E-state index is 0. The van der Waals surface area contributed by atoms with Gasteiger partial charge in [-0.2, -0.15) is 0 Å². The monoisotopic (exact) mass is 585 g/mol. The number of aliphatic carboxylic acids is 1. The number of amides is 1. The fourth-order valence-electron chi connectivity index (χ4n) is 5.79. The van der Waals surface area contributed by atoms with Crippen molar-refractivity contribution < 1.29 is 62.9 Å². The Morgan fingerprint density at radius 3 is 2.33 bits per heavy atom. The summed E-state index contributed by atoms with van der Waals surface area (Å²) < 4.78 is 25.6. The van der Waals surface area contributed by atoms with Gasteiger partial charge >= 0.3 is 35.5 Å². The van der Waals surface area contributed by atoms with E-state index in [0.717, 1.165) is 38.5 Å². The summed E-state index contributed by atoms with van der Waals surface area (Å²) in [6.07, 6.45) is 6.88. The Morgan fingerprint density at radius 1 is 1.05 bits per heavy atom. The van der Waals surface area contributed by atoms with Crippen LogP contribution in [0, 0.1) is 17.8 Å². The van der Waals surface area contributed by atoms with Crippen LogP contribution in [0.25, 0.3) is 0 Å². The van der Waals surface area contributed by atoms with Crippen molar-refractivity contribution in [1.29, 1.82) is 0 Å². The van der Waals surface area contributed by atoms with Crippen molar-refractivity contribution in [2.24, 2.45) is 17.8 Å². The van der Waals surface area contributed by atoms with E-state index in [1.165, 1.54) is 16.9 Å². The Balaban J connectivity index is 0.00000560. The first-order chi connectivity index (χ1) is 18.6. The summed E-state index contributed by atoms with van der Waals surface area (Å²) in [6.45, 7) is 5.62. The molecule has 1 aromatic carbocycles. The molecule has 0 aromatic heterocycles. The normalized spacial score (nSPS) is 21.9. The average molecular weight is 586 g/mol. The van der Waals surface area contributed by atoms with Crippen LogP contribution < -0.4 is 34.7 Å². The van der Waals surface area contributed by atoms with E-state index in [0.29, 0.717) is 25.3 Å². The van der Waals surface area contributed by atoms with E-state index in [1.54, 1.807) is 20.8 Å². The summed E-state index contributed by atoms with van der Waals surface area (Å²) in [5, 5.41) is 12.0. The average Bonchev–Trinajstić information content (AvgIpc) is 3.38. The third-order valence-electron chi connectivity index (χ3n) is 8.05. The van der Waals surface area contributed by atoms with Gasteiger partial charge in [-0.05, 0) is 43.1 Å². The van der Waals surface area contributed by atoms with Gasteiger partial charge in [0.25, 0.3) is 0 Å². The first-order valence-electron chi connectivity index (χ1n) is 14.6. The van der Waals surface area contributed by atoms with Gasteiger partial charge in [0.2, 0.25) is 19.6 Å². The van der Waals surface area contributed by atoms with Crippen molar-refractivity contribution in [3.8, 4) is 0 Å². The van der Waals surface area contributed by atoms with Gasteiger partial charge in [0.1, 0.15) is 6.16 Å². The molecule has 8 nitrogen and oxygen atoms in total. The Bertz CT molecular complexity index is 999. The first kappa shape index (κ1) is 35.0. The molecule has 0 N–H and O–H groups in total. The van der Waals surface area contributed by atoms with Gasteiger partial charge in [0.05, 0.1) is 12.0 Å². The van der Waals surface area contributed by atoms with E-state index in [1.807, 2.05) is 30.3 Å². The fourth-order valence-corrected chi connectivity index (χ4v) is 8.09. The van der Waals surface area contributed by atoms with Crippen LogP contribution in [-0.4, -0.2) is 53.9 Å². The van der Waals surface area contributed by atoms with Gasteiger partial charge in [0, 0.05) is 25.0 Å². The summed E-state index contributed by atoms with van der Waals surface area (Å²) in [4.78, 5) is 39.0. The number of carbonyl (C=O) groups is 3. The zero-order chi connectivity index (χ0) is 28.4. The van der Waals surface area contributed by atoms with Crippen LogP contribution in [0.5, 0.6) is 0 Å². The van der Waals surface area contributed by atoms with Gasteiger partial charge in [-0.1, -0.05) is 83.2 Å². The molecule has 1 heterocycles. The van der Waals surface area contributed by atoms with Gasteiger partial charge in [-0.3, -0.25) is 18.7 Å². The number of hydrogen-bond acceptors (Lipinski definition) is 7. The number of hydrogen-bond donors (Lipinski definition) is 0. The predicted molar refractivity (Wildman–Crippen MR) is 148 cm³/mol. The number of nitrogens with zero attached hydrogens (tertiary/aromatic N) is 1. The minimum Gasteiger partial charge on any atom is -0.548 e. The quantitative estimate of drug-likeness (QED) is 0.108. The molecule has 3 unspecified atom stereocenters. The van der Waals surface area contributed by atoms with E-state index in [9.17, 15) is 24.1 Å². The summed E-state index contributed by atoms with van der Waals surface area (Å²) in [6, 6.07) is 8.96. The number of esters is 1. The van der Waals surface area contributed by atoms with E-state index in [2.05, 4.69) is 0 Å². The maximum Gasteiger partial charge on any atom is 1.00 e. The molecule has 0 spiro atoms. The molecule has 0 radical (unpaired) electrons. The van der Waals surface area contributed by atoms with Gasteiger partial charge in [0.15, 0.2) is 0 Å². The fraction of sp³-hybridized carbons (Fsp3) is 0.700. The second kappa shape index (κ2) is 17.1. The topological polar surface area (TPSA) is 113 Å². The van der Waals surface area contributed by atoms with E-state index < -0.39 is 43.7 Å². The van der Waals surface area contributed by atoms with Gasteiger partial charge < -0.3 is 19.5 Å². The van der Waals surface area contributed by atoms with Crippen LogP contribution in [0.3, 0.4) is 0 Å². The third kappa shape index (κ3) is 10.6. The van der Waals surface area contributed by atoms with Crippen LogP contribution in [0.4, 0.5) is 0 Å². The molecular formula is C30H45NNaO7P. The van der Waals surface area contributed by atoms with Gasteiger partial charge in [-0.25, -0.2) is 0 Å². The number of unbranched alkanes of at least 4 members (excludes halogenated alkanes) is 1. The molecule has 1 amide bonds. The van der Waals surface area contributed by atoms with E-state index in [-0.39, 0.29) is 54.0 Å². The molecule has 218 valence electrons. The van der Waals surface area contributed by atoms with Crippen LogP contribution >= 0.6 is 7.37 Å². The zero-order valence-corrected chi connectivity index (χ0v) is 27.6. The number of benzene rings is 1. The Kier molecular flexibility index (Phi) is 14.9. The zero-order valence-electron chi connectivity index (χ0n) is 24.7. The van der Waals surface area contributed by atoms with Crippen LogP contribution in [0.1, 0.15) is 84.1 Å². The van der Waals surface area contributed by atoms with Crippen molar-refractivity contribution in [2.75, 3.05) is 18.9 Å². The summed E-state index contributed by atoms with van der Waals surface area (Å²) >= 11 is 0. The predicted octanol–water partition coefficient (Wildman–Crippen LogP) is 1.79. The van der Waals surface area contributed by atoms with E-state index in [4.69, 9.17) is 9.26 Å². The number of carboxylic acid groups (broad SMARTS) is 1. The molecule has 10 heteroatoms. The second-order valence-electron chi connectivity index (χ2n) is 11.5. The largest absolute Gasteiger partial charge is 1.00 e. The second-order valence-corrected chi connectivity index (χ2v) is 14.1. The molecule has 4 atom stereocenters. The molecule has 40 heavy (non-hydrogen) atoms. The summed E-state index contributed by atoms with van der Waals surface area (Å²) in [7, 11) is -3.62. The number of likely N-dealkylation sites (tertiary alicyclic amines) is 1. The maximum atomic E-state index is 14.2. The molecule has 1 saturated heterocycles. The molecule has 1 aliphatic carbocycles. The van der Waals surface area contributed by atoms with Crippen molar-refractivity contribution in [3.63, 3.8) is 0 Å². The Labute approximate surface area is 261 Å². The first-order valence-corrected chi connectivity index (χ1v) is 16.6. The maximum absolute atomic E-state index is 14.2. The minimum atomic E-state index is -3.62. The molecule has 2 fully saturated rings. The Morgan fingerprint density at radius 2 is 1.73 bits per heavy atom. The molecule has 0 bridgehead atoms. The number of ether oxygens (including phenoxy) is 1. The van der Waals surface area contributed by atoms with Crippen molar-refractivity contribution >= 4 is 25.2 Å². The van der Waals surface area contributed by atoms with Gasteiger partial charge in [-0.15, -0.1) is 0 Å². The van der Waals surface area contributed by atoms with Crippen LogP contribution in [0.2, 0.25) is 0 Å². The van der Waals surface area contributed by atoms with Crippen molar-refractivity contribution in [3.05, 3.63) is 35.9 Å². The van der Waals surface area contributed by atoms with Crippen LogP contribution in [-0.2, 0) is 34.6 Å². The SMILES string of the molecule is CCC(=O)OC(OP(=O)(CCCCc1ccccc1)CC(=O)N1CC(C2CCCCC2)C[C@H]1C(=O)[O-])C(C)C.[Na+]. The number of carboxylic acids is 1. The smallest absolute Gasteiger partial charge is 0.548 e. The third-order valence-corrected chi connectivity index (χ3v) is 10.4. The number of aryl methyl sites for hydroxylation is 1.